The van der Waals surface area contributed by atoms with Crippen molar-refractivity contribution in [1.29, 1.82) is 0 Å². The third-order valence-electron chi connectivity index (χ3n) is 4.02. The fourth-order valence-corrected chi connectivity index (χ4v) is 2.91. The van der Waals surface area contributed by atoms with Gasteiger partial charge in [-0.25, -0.2) is 0 Å². The normalized spacial score (nSPS) is 21.2. The molecule has 17 heavy (non-hydrogen) atoms. The van der Waals surface area contributed by atoms with Crippen LogP contribution in [0.5, 0.6) is 0 Å². The smallest absolute Gasteiger partial charge is 0.00926 e. The minimum Gasteiger partial charge on any atom is -0.300 e. The van der Waals surface area contributed by atoms with Crippen LogP contribution < -0.4 is 0 Å². The molecule has 0 radical (unpaired) electrons. The Kier molecular flexibility index (Phi) is 10.9. The fraction of sp³-hybridized carbons (Fsp3) is 1.00. The molecule has 0 spiro atoms. The van der Waals surface area contributed by atoms with Gasteiger partial charge in [-0.3, -0.25) is 4.70 Å². The van der Waals surface area contributed by atoms with Crippen molar-refractivity contribution in [3.63, 3.8) is 0 Å². The molecule has 1 aliphatic heterocycles. The Morgan fingerprint density at radius 3 is 2.35 bits per heavy atom. The Bertz CT molecular complexity index is 161. The van der Waals surface area contributed by atoms with E-state index in [4.69, 9.17) is 0 Å². The van der Waals surface area contributed by atoms with Crippen LogP contribution in [-0.4, -0.2) is 24.0 Å². The third kappa shape index (κ3) is 7.03. The molecule has 2 heteroatoms. The Morgan fingerprint density at radius 1 is 0.941 bits per heavy atom. The van der Waals surface area contributed by atoms with E-state index in [-0.39, 0.29) is 4.70 Å². The van der Waals surface area contributed by atoms with Crippen molar-refractivity contribution in [2.45, 2.75) is 84.1 Å². The zero-order valence-electron chi connectivity index (χ0n) is 11.9. The minimum absolute atomic E-state index is 0. The molecule has 0 aromatic heterocycles. The predicted octanol–water partition coefficient (Wildman–Crippen LogP) is 4.76. The Labute approximate surface area is 107 Å². The molecule has 0 aromatic rings. The molecule has 1 unspecified atom stereocenters. The molecule has 1 saturated heterocycles. The molecule has 1 rings (SSSR count). The number of unbranched alkanes of at least 4 members (excludes halogenated alkanes) is 5. The summed E-state index contributed by atoms with van der Waals surface area (Å²) in [5, 5.41) is 0. The van der Waals surface area contributed by atoms with Crippen molar-refractivity contribution in [3.8, 4) is 0 Å². The number of hydrogen-bond donors (Lipinski definition) is 0. The average molecular weight is 245 g/mol. The van der Waals surface area contributed by atoms with Crippen LogP contribution in [-0.2, 0) is 0 Å². The number of likely N-dealkylation sites (tertiary alicyclic amines) is 1. The third-order valence-corrected chi connectivity index (χ3v) is 4.02. The fourth-order valence-electron chi connectivity index (χ4n) is 2.91. The lowest BCUT2D eigenvalue weighted by Gasteiger charge is -2.35. The summed E-state index contributed by atoms with van der Waals surface area (Å²) in [5.41, 5.74) is 0. The summed E-state index contributed by atoms with van der Waals surface area (Å²) in [6.45, 7) is 7.38. The number of piperidine rings is 1. The van der Waals surface area contributed by atoms with E-state index in [9.17, 15) is 0 Å². The van der Waals surface area contributed by atoms with E-state index in [0.29, 0.717) is 0 Å². The molecule has 1 nitrogen and oxygen atoms in total. The van der Waals surface area contributed by atoms with Crippen LogP contribution in [0.3, 0.4) is 0 Å². The quantitative estimate of drug-likeness (QED) is 0.557. The lowest BCUT2D eigenvalue weighted by molar-refractivity contribution is 0.141. The first kappa shape index (κ1) is 16.9. The van der Waals surface area contributed by atoms with Crippen LogP contribution in [0.4, 0.5) is 4.70 Å². The molecule has 104 valence electrons. The number of halogens is 1. The molecule has 0 aliphatic carbocycles. The summed E-state index contributed by atoms with van der Waals surface area (Å²) in [6.07, 6.45) is 14.3. The van der Waals surface area contributed by atoms with Crippen molar-refractivity contribution < 1.29 is 4.70 Å². The van der Waals surface area contributed by atoms with E-state index in [1.54, 1.807) is 0 Å². The highest BCUT2D eigenvalue weighted by Crippen LogP contribution is 2.20. The first-order valence-corrected chi connectivity index (χ1v) is 7.62. The molecule has 0 saturated carbocycles. The molecular formula is C15H32FN. The van der Waals surface area contributed by atoms with Gasteiger partial charge in [0.1, 0.15) is 0 Å². The predicted molar refractivity (Wildman–Crippen MR) is 75.4 cm³/mol. The molecule has 0 aromatic carbocycles. The van der Waals surface area contributed by atoms with Gasteiger partial charge < -0.3 is 4.90 Å². The zero-order chi connectivity index (χ0) is 11.6. The molecule has 1 aliphatic rings. The standard InChI is InChI=1S/C15H31N.FH/c1-3-5-6-7-8-10-13-16-14-11-9-12-15(16)4-2;/h15H,3-14H2,1-2H3;1H. The second-order valence-electron chi connectivity index (χ2n) is 5.36. The van der Waals surface area contributed by atoms with Crippen molar-refractivity contribution in [1.82, 2.24) is 4.90 Å². The summed E-state index contributed by atoms with van der Waals surface area (Å²) < 4.78 is 0. The van der Waals surface area contributed by atoms with E-state index in [2.05, 4.69) is 18.7 Å². The van der Waals surface area contributed by atoms with E-state index in [1.807, 2.05) is 0 Å². The van der Waals surface area contributed by atoms with Crippen molar-refractivity contribution in [2.24, 2.45) is 0 Å². The van der Waals surface area contributed by atoms with E-state index >= 15 is 0 Å². The Morgan fingerprint density at radius 2 is 1.65 bits per heavy atom. The van der Waals surface area contributed by atoms with Gasteiger partial charge in [0.05, 0.1) is 0 Å². The van der Waals surface area contributed by atoms with E-state index in [1.165, 1.54) is 77.3 Å². The van der Waals surface area contributed by atoms with Crippen LogP contribution in [0.2, 0.25) is 0 Å². The SMILES string of the molecule is CCCCCCCCN1CCCCC1CC.F. The van der Waals surface area contributed by atoms with Gasteiger partial charge >= 0.3 is 0 Å². The van der Waals surface area contributed by atoms with E-state index in [0.717, 1.165) is 6.04 Å². The first-order valence-electron chi connectivity index (χ1n) is 7.62. The van der Waals surface area contributed by atoms with Gasteiger partial charge in [-0.05, 0) is 38.8 Å². The van der Waals surface area contributed by atoms with Crippen molar-refractivity contribution in [3.05, 3.63) is 0 Å². The summed E-state index contributed by atoms with van der Waals surface area (Å²) in [4.78, 5) is 2.75. The summed E-state index contributed by atoms with van der Waals surface area (Å²) in [5.74, 6) is 0. The lowest BCUT2D eigenvalue weighted by atomic mass is 9.99. The van der Waals surface area contributed by atoms with Gasteiger partial charge in [0.25, 0.3) is 0 Å². The number of hydrogen-bond acceptors (Lipinski definition) is 1. The summed E-state index contributed by atoms with van der Waals surface area (Å²) in [7, 11) is 0. The van der Waals surface area contributed by atoms with Crippen LogP contribution in [0.25, 0.3) is 0 Å². The van der Waals surface area contributed by atoms with E-state index < -0.39 is 0 Å². The van der Waals surface area contributed by atoms with Gasteiger partial charge in [-0.1, -0.05) is 52.4 Å². The zero-order valence-corrected chi connectivity index (χ0v) is 11.9. The van der Waals surface area contributed by atoms with Gasteiger partial charge in [-0.15, -0.1) is 0 Å². The maximum Gasteiger partial charge on any atom is 0.00926 e. The Balaban J connectivity index is 0.00000256. The highest BCUT2D eigenvalue weighted by molar-refractivity contribution is 4.75. The van der Waals surface area contributed by atoms with Gasteiger partial charge in [0.2, 0.25) is 0 Å². The molecule has 1 fully saturated rings. The average Bonchev–Trinajstić information content (AvgIpc) is 2.34. The molecule has 0 amide bonds. The number of rotatable bonds is 8. The monoisotopic (exact) mass is 245 g/mol. The van der Waals surface area contributed by atoms with Gasteiger partial charge in [-0.2, -0.15) is 0 Å². The largest absolute Gasteiger partial charge is 0.300 e. The van der Waals surface area contributed by atoms with Crippen molar-refractivity contribution in [2.75, 3.05) is 13.1 Å². The van der Waals surface area contributed by atoms with Gasteiger partial charge in [0.15, 0.2) is 0 Å². The highest BCUT2D eigenvalue weighted by Gasteiger charge is 2.19. The summed E-state index contributed by atoms with van der Waals surface area (Å²) >= 11 is 0. The molecule has 1 heterocycles. The molecular weight excluding hydrogens is 213 g/mol. The van der Waals surface area contributed by atoms with Crippen LogP contribution >= 0.6 is 0 Å². The maximum absolute atomic E-state index is 2.75. The molecule has 0 N–H and O–H groups in total. The highest BCUT2D eigenvalue weighted by atomic mass is 19.0. The van der Waals surface area contributed by atoms with Gasteiger partial charge in [0, 0.05) is 6.04 Å². The summed E-state index contributed by atoms with van der Waals surface area (Å²) in [6, 6.07) is 0.907. The second kappa shape index (κ2) is 11.0. The maximum atomic E-state index is 2.75. The lowest BCUT2D eigenvalue weighted by Crippen LogP contribution is -2.39. The second-order valence-corrected chi connectivity index (χ2v) is 5.36. The topological polar surface area (TPSA) is 3.24 Å². The molecule has 1 atom stereocenters. The van der Waals surface area contributed by atoms with Crippen LogP contribution in [0, 0.1) is 0 Å². The first-order chi connectivity index (χ1) is 7.88. The minimum atomic E-state index is 0. The number of nitrogens with zero attached hydrogens (tertiary/aromatic N) is 1. The Hall–Kier alpha value is -0.110. The van der Waals surface area contributed by atoms with Crippen LogP contribution in [0.1, 0.15) is 78.1 Å². The van der Waals surface area contributed by atoms with Crippen LogP contribution in [0.15, 0.2) is 0 Å². The van der Waals surface area contributed by atoms with Crippen molar-refractivity contribution >= 4 is 0 Å². The molecule has 0 bridgehead atoms.